The summed E-state index contributed by atoms with van der Waals surface area (Å²) in [6, 6.07) is 4.12. The molecule has 1 saturated heterocycles. The Morgan fingerprint density at radius 1 is 1.11 bits per heavy atom. The summed E-state index contributed by atoms with van der Waals surface area (Å²) in [4.78, 5) is 8.82. The number of piperazine rings is 1. The number of nitrogens with zero attached hydrogens (tertiary/aromatic N) is 3. The summed E-state index contributed by atoms with van der Waals surface area (Å²) in [7, 11) is 0. The second kappa shape index (κ2) is 6.35. The summed E-state index contributed by atoms with van der Waals surface area (Å²) < 4.78 is 0. The fourth-order valence-corrected chi connectivity index (χ4v) is 2.61. The molecule has 2 heterocycles. The van der Waals surface area contributed by atoms with Crippen molar-refractivity contribution in [1.29, 1.82) is 0 Å². The van der Waals surface area contributed by atoms with Crippen LogP contribution in [0, 0.1) is 0 Å². The molecule has 19 heavy (non-hydrogen) atoms. The van der Waals surface area contributed by atoms with Crippen LogP contribution in [0.2, 0.25) is 0 Å². The molecule has 0 amide bonds. The van der Waals surface area contributed by atoms with Gasteiger partial charge in [-0.25, -0.2) is 0 Å². The Bertz CT molecular complexity index is 370. The molecule has 1 aromatic rings. The van der Waals surface area contributed by atoms with Crippen LogP contribution in [-0.4, -0.2) is 53.3 Å². The first kappa shape index (κ1) is 14.3. The number of rotatable bonds is 5. The van der Waals surface area contributed by atoms with Crippen molar-refractivity contribution in [3.05, 3.63) is 24.5 Å². The normalized spacial score (nSPS) is 17.7. The van der Waals surface area contributed by atoms with Gasteiger partial charge in [0.25, 0.3) is 0 Å². The van der Waals surface area contributed by atoms with Crippen molar-refractivity contribution >= 4 is 5.69 Å². The SMILES string of the molecule is CCC(O)(CC)CN1CCN(c2ccncc2)CC1. The smallest absolute Gasteiger partial charge is 0.0768 e. The average molecular weight is 263 g/mol. The van der Waals surface area contributed by atoms with Crippen LogP contribution < -0.4 is 4.90 Å². The third kappa shape index (κ3) is 3.67. The molecule has 4 heteroatoms. The summed E-state index contributed by atoms with van der Waals surface area (Å²) in [6.07, 6.45) is 5.34. The lowest BCUT2D eigenvalue weighted by Crippen LogP contribution is -2.51. The Kier molecular flexibility index (Phi) is 4.77. The molecule has 0 aliphatic carbocycles. The topological polar surface area (TPSA) is 39.6 Å². The standard InChI is InChI=1S/C15H25N3O/c1-3-15(19,4-2)13-17-9-11-18(12-10-17)14-5-7-16-8-6-14/h5-8,19H,3-4,9-13H2,1-2H3. The van der Waals surface area contributed by atoms with E-state index in [-0.39, 0.29) is 0 Å². The van der Waals surface area contributed by atoms with Gasteiger partial charge in [-0.3, -0.25) is 9.88 Å². The molecule has 0 unspecified atom stereocenters. The monoisotopic (exact) mass is 263 g/mol. The van der Waals surface area contributed by atoms with Crippen molar-refractivity contribution in [3.8, 4) is 0 Å². The molecule has 0 aromatic carbocycles. The van der Waals surface area contributed by atoms with Crippen molar-refractivity contribution in [2.45, 2.75) is 32.3 Å². The van der Waals surface area contributed by atoms with Crippen LogP contribution in [0.25, 0.3) is 0 Å². The molecule has 1 fully saturated rings. The zero-order chi connectivity index (χ0) is 13.7. The number of aromatic nitrogens is 1. The molecule has 4 nitrogen and oxygen atoms in total. The van der Waals surface area contributed by atoms with Crippen molar-refractivity contribution in [2.75, 3.05) is 37.6 Å². The molecule has 0 spiro atoms. The van der Waals surface area contributed by atoms with E-state index in [9.17, 15) is 5.11 Å². The van der Waals surface area contributed by atoms with Gasteiger partial charge in [0.2, 0.25) is 0 Å². The maximum Gasteiger partial charge on any atom is 0.0768 e. The van der Waals surface area contributed by atoms with Crippen molar-refractivity contribution in [3.63, 3.8) is 0 Å². The highest BCUT2D eigenvalue weighted by atomic mass is 16.3. The maximum absolute atomic E-state index is 10.4. The molecule has 0 bridgehead atoms. The van der Waals surface area contributed by atoms with E-state index in [2.05, 4.69) is 40.8 Å². The van der Waals surface area contributed by atoms with Crippen LogP contribution in [0.1, 0.15) is 26.7 Å². The van der Waals surface area contributed by atoms with Gasteiger partial charge in [-0.1, -0.05) is 13.8 Å². The summed E-state index contributed by atoms with van der Waals surface area (Å²) in [5, 5.41) is 10.4. The van der Waals surface area contributed by atoms with E-state index in [1.54, 1.807) is 0 Å². The first-order valence-electron chi connectivity index (χ1n) is 7.26. The minimum Gasteiger partial charge on any atom is -0.389 e. The maximum atomic E-state index is 10.4. The minimum absolute atomic E-state index is 0.515. The summed E-state index contributed by atoms with van der Waals surface area (Å²) in [6.45, 7) is 9.01. The van der Waals surface area contributed by atoms with Crippen molar-refractivity contribution < 1.29 is 5.11 Å². The second-order valence-electron chi connectivity index (χ2n) is 5.40. The highest BCUT2D eigenvalue weighted by Gasteiger charge is 2.27. The van der Waals surface area contributed by atoms with Crippen molar-refractivity contribution in [2.24, 2.45) is 0 Å². The van der Waals surface area contributed by atoms with Gasteiger partial charge in [-0.2, -0.15) is 0 Å². The number of anilines is 1. The minimum atomic E-state index is -0.515. The highest BCUT2D eigenvalue weighted by molar-refractivity contribution is 5.44. The molecular formula is C15H25N3O. The van der Waals surface area contributed by atoms with Gasteiger partial charge in [0.15, 0.2) is 0 Å². The number of pyridine rings is 1. The molecule has 1 aliphatic rings. The van der Waals surface area contributed by atoms with E-state index < -0.39 is 5.60 Å². The Balaban J connectivity index is 1.86. The summed E-state index contributed by atoms with van der Waals surface area (Å²) in [5.41, 5.74) is 0.731. The van der Waals surface area contributed by atoms with Crippen molar-refractivity contribution in [1.82, 2.24) is 9.88 Å². The third-order valence-electron chi connectivity index (χ3n) is 4.23. The quantitative estimate of drug-likeness (QED) is 0.878. The average Bonchev–Trinajstić information content (AvgIpc) is 2.49. The Morgan fingerprint density at radius 2 is 1.68 bits per heavy atom. The molecule has 0 atom stereocenters. The van der Waals surface area contributed by atoms with Crippen LogP contribution in [-0.2, 0) is 0 Å². The van der Waals surface area contributed by atoms with Gasteiger partial charge in [0, 0.05) is 50.8 Å². The molecule has 2 rings (SSSR count). The third-order valence-corrected chi connectivity index (χ3v) is 4.23. The van der Waals surface area contributed by atoms with Crippen LogP contribution in [0.3, 0.4) is 0 Å². The summed E-state index contributed by atoms with van der Waals surface area (Å²) >= 11 is 0. The van der Waals surface area contributed by atoms with Gasteiger partial charge < -0.3 is 10.0 Å². The van der Waals surface area contributed by atoms with Gasteiger partial charge >= 0.3 is 0 Å². The van der Waals surface area contributed by atoms with E-state index in [1.807, 2.05) is 12.4 Å². The number of hydrogen-bond acceptors (Lipinski definition) is 4. The Labute approximate surface area is 116 Å². The van der Waals surface area contributed by atoms with Gasteiger partial charge in [-0.15, -0.1) is 0 Å². The lowest BCUT2D eigenvalue weighted by atomic mass is 9.96. The Hall–Kier alpha value is -1.13. The van der Waals surface area contributed by atoms with E-state index in [1.165, 1.54) is 5.69 Å². The van der Waals surface area contributed by atoms with E-state index >= 15 is 0 Å². The molecular weight excluding hydrogens is 238 g/mol. The van der Waals surface area contributed by atoms with Crippen LogP contribution >= 0.6 is 0 Å². The molecule has 0 radical (unpaired) electrons. The van der Waals surface area contributed by atoms with Gasteiger partial charge in [0.05, 0.1) is 5.60 Å². The molecule has 106 valence electrons. The first-order chi connectivity index (χ1) is 9.17. The summed E-state index contributed by atoms with van der Waals surface area (Å²) in [5.74, 6) is 0. The van der Waals surface area contributed by atoms with Gasteiger partial charge in [-0.05, 0) is 25.0 Å². The molecule has 1 aromatic heterocycles. The van der Waals surface area contributed by atoms with Gasteiger partial charge in [0.1, 0.15) is 0 Å². The van der Waals surface area contributed by atoms with E-state index in [4.69, 9.17) is 0 Å². The van der Waals surface area contributed by atoms with Crippen LogP contribution in [0.5, 0.6) is 0 Å². The molecule has 0 saturated carbocycles. The predicted molar refractivity (Wildman–Crippen MR) is 78.4 cm³/mol. The number of aliphatic hydroxyl groups is 1. The fourth-order valence-electron chi connectivity index (χ4n) is 2.61. The highest BCUT2D eigenvalue weighted by Crippen LogP contribution is 2.19. The fraction of sp³-hybridized carbons (Fsp3) is 0.667. The van der Waals surface area contributed by atoms with Crippen LogP contribution in [0.4, 0.5) is 5.69 Å². The zero-order valence-corrected chi connectivity index (χ0v) is 12.0. The number of hydrogen-bond donors (Lipinski definition) is 1. The zero-order valence-electron chi connectivity index (χ0n) is 12.0. The lowest BCUT2D eigenvalue weighted by Gasteiger charge is -2.39. The van der Waals surface area contributed by atoms with Crippen LogP contribution in [0.15, 0.2) is 24.5 Å². The lowest BCUT2D eigenvalue weighted by molar-refractivity contribution is -0.00455. The largest absolute Gasteiger partial charge is 0.389 e. The van der Waals surface area contributed by atoms with E-state index in [0.29, 0.717) is 0 Å². The molecule has 1 N–H and O–H groups in total. The van der Waals surface area contributed by atoms with E-state index in [0.717, 1.165) is 45.6 Å². The number of β-amino-alcohol motifs (C(OH)–C–C–N with tert-alkyl or cyclic N) is 1. The second-order valence-corrected chi connectivity index (χ2v) is 5.40. The molecule has 1 aliphatic heterocycles. The Morgan fingerprint density at radius 3 is 2.21 bits per heavy atom. The predicted octanol–water partition coefficient (Wildman–Crippen LogP) is 1.75. The first-order valence-corrected chi connectivity index (χ1v) is 7.26.